The molecular formula is C12H21N3O2S. The highest BCUT2D eigenvalue weighted by molar-refractivity contribution is 7.13. The fraction of sp³-hybridized carbons (Fsp3) is 0.667. The van der Waals surface area contributed by atoms with E-state index in [2.05, 4.69) is 10.3 Å². The Morgan fingerprint density at radius 2 is 2.11 bits per heavy atom. The first-order valence-electron chi connectivity index (χ1n) is 5.89. The highest BCUT2D eigenvalue weighted by Gasteiger charge is 2.24. The van der Waals surface area contributed by atoms with Crippen LogP contribution in [0.5, 0.6) is 0 Å². The van der Waals surface area contributed by atoms with Crippen molar-refractivity contribution >= 4 is 22.6 Å². The number of thiazole rings is 1. The first kappa shape index (κ1) is 14.8. The second kappa shape index (κ2) is 5.56. The summed E-state index contributed by atoms with van der Waals surface area (Å²) in [5.74, 6) is 0.207. The van der Waals surface area contributed by atoms with Gasteiger partial charge in [-0.2, -0.15) is 0 Å². The van der Waals surface area contributed by atoms with Gasteiger partial charge in [-0.05, 0) is 26.7 Å². The topological polar surface area (TPSA) is 77.2 Å². The second-order valence-corrected chi connectivity index (χ2v) is 6.37. The van der Waals surface area contributed by atoms with Gasteiger partial charge in [-0.3, -0.25) is 0 Å². The molecule has 1 heterocycles. The van der Waals surface area contributed by atoms with Crippen molar-refractivity contribution in [2.75, 3.05) is 5.73 Å². The van der Waals surface area contributed by atoms with E-state index in [0.29, 0.717) is 5.13 Å². The number of carbonyl (C=O) groups is 1. The van der Waals surface area contributed by atoms with Crippen LogP contribution in [0.2, 0.25) is 0 Å². The molecule has 0 unspecified atom stereocenters. The summed E-state index contributed by atoms with van der Waals surface area (Å²) in [6.07, 6.45) is -0.437. The van der Waals surface area contributed by atoms with Crippen LogP contribution in [-0.2, 0) is 4.74 Å². The number of hydrogen-bond donors (Lipinski definition) is 2. The zero-order valence-corrected chi connectivity index (χ0v) is 12.3. The van der Waals surface area contributed by atoms with Gasteiger partial charge in [-0.1, -0.05) is 13.8 Å². The Morgan fingerprint density at radius 1 is 1.50 bits per heavy atom. The Morgan fingerprint density at radius 3 is 2.50 bits per heavy atom. The average molecular weight is 271 g/mol. The molecular weight excluding hydrogens is 250 g/mol. The maximum absolute atomic E-state index is 11.8. The number of aromatic nitrogens is 1. The third-order valence-corrected chi connectivity index (χ3v) is 2.89. The van der Waals surface area contributed by atoms with Gasteiger partial charge >= 0.3 is 6.09 Å². The van der Waals surface area contributed by atoms with Gasteiger partial charge in [0, 0.05) is 5.38 Å². The summed E-state index contributed by atoms with van der Waals surface area (Å²) in [5.41, 5.74) is 5.88. The minimum atomic E-state index is -0.507. The zero-order valence-electron chi connectivity index (χ0n) is 11.5. The van der Waals surface area contributed by atoms with E-state index in [0.717, 1.165) is 5.69 Å². The molecule has 0 spiro atoms. The summed E-state index contributed by atoms with van der Waals surface area (Å²) in [6.45, 7) is 9.52. The molecule has 0 radical (unpaired) electrons. The number of rotatable bonds is 3. The molecule has 1 atom stereocenters. The Balaban J connectivity index is 2.73. The van der Waals surface area contributed by atoms with Gasteiger partial charge in [0.2, 0.25) is 0 Å². The van der Waals surface area contributed by atoms with Crippen LogP contribution >= 0.6 is 11.3 Å². The first-order valence-corrected chi connectivity index (χ1v) is 6.77. The molecule has 1 aromatic heterocycles. The largest absolute Gasteiger partial charge is 0.444 e. The summed E-state index contributed by atoms with van der Waals surface area (Å²) in [5, 5.41) is 5.19. The Hall–Kier alpha value is -1.30. The molecule has 18 heavy (non-hydrogen) atoms. The van der Waals surface area contributed by atoms with Gasteiger partial charge in [0.1, 0.15) is 5.60 Å². The Bertz CT molecular complexity index is 410. The summed E-state index contributed by atoms with van der Waals surface area (Å²) < 4.78 is 5.24. The van der Waals surface area contributed by atoms with Gasteiger partial charge in [0.25, 0.3) is 0 Å². The van der Waals surface area contributed by atoms with Crippen LogP contribution in [0.1, 0.15) is 46.4 Å². The lowest BCUT2D eigenvalue weighted by Gasteiger charge is -2.24. The van der Waals surface area contributed by atoms with E-state index in [1.165, 1.54) is 11.3 Å². The van der Waals surface area contributed by atoms with Crippen molar-refractivity contribution in [3.8, 4) is 0 Å². The number of nitrogens with zero attached hydrogens (tertiary/aromatic N) is 1. The fourth-order valence-electron chi connectivity index (χ4n) is 1.46. The molecule has 0 aromatic carbocycles. The number of nitrogens with one attached hydrogen (secondary N) is 1. The van der Waals surface area contributed by atoms with E-state index >= 15 is 0 Å². The predicted octanol–water partition coefficient (Wildman–Crippen LogP) is 2.95. The molecule has 1 amide bonds. The molecule has 0 saturated carbocycles. The summed E-state index contributed by atoms with van der Waals surface area (Å²) >= 11 is 1.36. The lowest BCUT2D eigenvalue weighted by atomic mass is 10.0. The molecule has 5 nitrogen and oxygen atoms in total. The van der Waals surface area contributed by atoms with E-state index in [9.17, 15) is 4.79 Å². The number of nitrogens with two attached hydrogens (primary N) is 1. The van der Waals surface area contributed by atoms with Crippen molar-refractivity contribution in [2.45, 2.75) is 46.3 Å². The van der Waals surface area contributed by atoms with Gasteiger partial charge in [-0.25, -0.2) is 9.78 Å². The minimum Gasteiger partial charge on any atom is -0.444 e. The van der Waals surface area contributed by atoms with E-state index in [-0.39, 0.29) is 12.0 Å². The van der Waals surface area contributed by atoms with Crippen LogP contribution in [0, 0.1) is 5.92 Å². The summed E-state index contributed by atoms with van der Waals surface area (Å²) in [7, 11) is 0. The predicted molar refractivity (Wildman–Crippen MR) is 73.5 cm³/mol. The van der Waals surface area contributed by atoms with E-state index in [1.807, 2.05) is 40.0 Å². The average Bonchev–Trinajstić information content (AvgIpc) is 2.57. The number of nitrogen functional groups attached to an aromatic ring is 1. The van der Waals surface area contributed by atoms with Crippen LogP contribution in [-0.4, -0.2) is 16.7 Å². The van der Waals surface area contributed by atoms with Gasteiger partial charge in [0.05, 0.1) is 11.7 Å². The highest BCUT2D eigenvalue weighted by Crippen LogP contribution is 2.24. The monoisotopic (exact) mass is 271 g/mol. The van der Waals surface area contributed by atoms with Crippen molar-refractivity contribution in [1.82, 2.24) is 10.3 Å². The minimum absolute atomic E-state index is 0.187. The first-order chi connectivity index (χ1) is 8.19. The Labute approximate surface area is 112 Å². The van der Waals surface area contributed by atoms with Crippen LogP contribution in [0.15, 0.2) is 5.38 Å². The van der Waals surface area contributed by atoms with Gasteiger partial charge in [0.15, 0.2) is 5.13 Å². The van der Waals surface area contributed by atoms with Crippen molar-refractivity contribution in [3.05, 3.63) is 11.1 Å². The quantitative estimate of drug-likeness (QED) is 0.886. The number of anilines is 1. The molecule has 1 aromatic rings. The molecule has 0 fully saturated rings. The maximum Gasteiger partial charge on any atom is 0.408 e. The second-order valence-electron chi connectivity index (χ2n) is 5.48. The Kier molecular flexibility index (Phi) is 4.56. The van der Waals surface area contributed by atoms with Crippen molar-refractivity contribution < 1.29 is 9.53 Å². The normalized spacial score (nSPS) is 13.4. The number of amides is 1. The molecule has 0 aliphatic carbocycles. The molecule has 3 N–H and O–H groups in total. The van der Waals surface area contributed by atoms with Crippen molar-refractivity contribution in [3.63, 3.8) is 0 Å². The van der Waals surface area contributed by atoms with Crippen LogP contribution in [0.25, 0.3) is 0 Å². The maximum atomic E-state index is 11.8. The molecule has 0 bridgehead atoms. The van der Waals surface area contributed by atoms with Crippen molar-refractivity contribution in [2.24, 2.45) is 5.92 Å². The smallest absolute Gasteiger partial charge is 0.408 e. The molecule has 0 aliphatic rings. The van der Waals surface area contributed by atoms with Gasteiger partial charge < -0.3 is 15.8 Å². The number of carbonyl (C=O) groups excluding carboxylic acids is 1. The molecule has 0 saturated heterocycles. The molecule has 6 heteroatoms. The third kappa shape index (κ3) is 4.52. The van der Waals surface area contributed by atoms with Crippen LogP contribution in [0.4, 0.5) is 9.93 Å². The highest BCUT2D eigenvalue weighted by atomic mass is 32.1. The number of ether oxygens (including phenoxy) is 1. The van der Waals surface area contributed by atoms with Crippen LogP contribution < -0.4 is 11.1 Å². The SMILES string of the molecule is CC(C)[C@H](NC(=O)OC(C)(C)C)c1csc(N)n1. The lowest BCUT2D eigenvalue weighted by Crippen LogP contribution is -2.37. The molecule has 1 rings (SSSR count). The summed E-state index contributed by atoms with van der Waals surface area (Å²) in [4.78, 5) is 16.0. The zero-order chi connectivity index (χ0) is 13.9. The number of hydrogen-bond acceptors (Lipinski definition) is 5. The van der Waals surface area contributed by atoms with Crippen LogP contribution in [0.3, 0.4) is 0 Å². The molecule has 0 aliphatic heterocycles. The van der Waals surface area contributed by atoms with E-state index in [4.69, 9.17) is 10.5 Å². The summed E-state index contributed by atoms with van der Waals surface area (Å²) in [6, 6.07) is -0.187. The van der Waals surface area contributed by atoms with Gasteiger partial charge in [-0.15, -0.1) is 11.3 Å². The van der Waals surface area contributed by atoms with Crippen molar-refractivity contribution in [1.29, 1.82) is 0 Å². The fourth-order valence-corrected chi connectivity index (χ4v) is 2.06. The number of alkyl carbamates (subject to hydrolysis) is 1. The lowest BCUT2D eigenvalue weighted by molar-refractivity contribution is 0.0488. The molecule has 102 valence electrons. The van der Waals surface area contributed by atoms with E-state index in [1.54, 1.807) is 0 Å². The standard InChI is InChI=1S/C12H21N3O2S/c1-7(2)9(8-6-18-10(13)14-8)15-11(16)17-12(3,4)5/h6-7,9H,1-5H3,(H2,13,14)(H,15,16)/t9-/m0/s1. The third-order valence-electron chi connectivity index (χ3n) is 2.20. The van der Waals surface area contributed by atoms with E-state index < -0.39 is 11.7 Å².